The average Bonchev–Trinajstić information content (AvgIpc) is 2.49. The molecule has 1 fully saturated rings. The molecule has 1 aliphatic rings. The van der Waals surface area contributed by atoms with Crippen LogP contribution in [0.15, 0.2) is 18.2 Å². The van der Waals surface area contributed by atoms with Crippen LogP contribution in [-0.4, -0.2) is 73.3 Å². The summed E-state index contributed by atoms with van der Waals surface area (Å²) >= 11 is 0. The first-order valence-corrected chi connectivity index (χ1v) is 6.37. The number of aromatic carboxylic acids is 1. The number of aliphatic hydroxyl groups excluding tert-OH is 3. The summed E-state index contributed by atoms with van der Waals surface area (Å²) < 4.78 is 9.93. The second kappa shape index (κ2) is 6.38. The Labute approximate surface area is 128 Å². The summed E-state index contributed by atoms with van der Waals surface area (Å²) in [6.07, 6.45) is -9.21. The van der Waals surface area contributed by atoms with E-state index >= 15 is 0 Å². The first-order chi connectivity index (χ1) is 10.7. The minimum Gasteiger partial charge on any atom is -0.504 e. The van der Waals surface area contributed by atoms with Crippen molar-refractivity contribution in [2.45, 2.75) is 30.7 Å². The fourth-order valence-corrected chi connectivity index (χ4v) is 2.02. The average molecular weight is 330 g/mol. The Bertz CT molecular complexity index is 615. The van der Waals surface area contributed by atoms with Gasteiger partial charge in [-0.25, -0.2) is 9.59 Å². The van der Waals surface area contributed by atoms with Gasteiger partial charge in [-0.2, -0.15) is 0 Å². The molecule has 0 aliphatic carbocycles. The molecule has 0 aromatic heterocycles. The number of carbonyl (C=O) groups is 2. The number of carboxylic acid groups (broad SMARTS) is 2. The SMILES string of the molecule is O=C(O)c1ccc(O)c(O[C@@H]2OC(C(=O)O)[C@H](O)C(O)C2O)c1. The summed E-state index contributed by atoms with van der Waals surface area (Å²) in [5, 5.41) is 56.4. The number of carboxylic acids is 2. The number of phenols is 1. The van der Waals surface area contributed by atoms with E-state index in [4.69, 9.17) is 19.7 Å². The van der Waals surface area contributed by atoms with Crippen LogP contribution in [0.4, 0.5) is 0 Å². The highest BCUT2D eigenvalue weighted by molar-refractivity contribution is 5.88. The smallest absolute Gasteiger partial charge is 0.335 e. The fraction of sp³-hybridized carbons (Fsp3) is 0.385. The van der Waals surface area contributed by atoms with Gasteiger partial charge in [0.1, 0.15) is 18.3 Å². The van der Waals surface area contributed by atoms with Crippen LogP contribution in [0.1, 0.15) is 10.4 Å². The number of phenolic OH excluding ortho intramolecular Hbond substituents is 1. The molecule has 6 N–H and O–H groups in total. The van der Waals surface area contributed by atoms with Crippen molar-refractivity contribution in [3.8, 4) is 11.5 Å². The lowest BCUT2D eigenvalue weighted by molar-refractivity contribution is -0.271. The van der Waals surface area contributed by atoms with Gasteiger partial charge in [0.25, 0.3) is 0 Å². The second-order valence-electron chi connectivity index (χ2n) is 4.84. The van der Waals surface area contributed by atoms with E-state index in [-0.39, 0.29) is 5.56 Å². The van der Waals surface area contributed by atoms with Crippen molar-refractivity contribution in [2.24, 2.45) is 0 Å². The molecular formula is C13H14O10. The summed E-state index contributed by atoms with van der Waals surface area (Å²) in [5.74, 6) is -3.79. The molecule has 10 heteroatoms. The normalized spacial score (nSPS) is 30.7. The van der Waals surface area contributed by atoms with E-state index in [0.29, 0.717) is 0 Å². The second-order valence-corrected chi connectivity index (χ2v) is 4.84. The molecule has 0 bridgehead atoms. The number of rotatable bonds is 4. The van der Waals surface area contributed by atoms with Crippen molar-refractivity contribution < 1.29 is 49.7 Å². The summed E-state index contributed by atoms with van der Waals surface area (Å²) in [4.78, 5) is 21.9. The minimum absolute atomic E-state index is 0.238. The van der Waals surface area contributed by atoms with Crippen LogP contribution in [0.3, 0.4) is 0 Å². The number of aliphatic hydroxyl groups is 3. The molecule has 2 rings (SSSR count). The highest BCUT2D eigenvalue weighted by atomic mass is 16.7. The number of hydrogen-bond acceptors (Lipinski definition) is 8. The highest BCUT2D eigenvalue weighted by Gasteiger charge is 2.48. The van der Waals surface area contributed by atoms with Crippen LogP contribution in [0.2, 0.25) is 0 Å². The molecule has 0 radical (unpaired) electrons. The van der Waals surface area contributed by atoms with Crippen LogP contribution < -0.4 is 4.74 Å². The zero-order valence-electron chi connectivity index (χ0n) is 11.4. The molecule has 1 aromatic rings. The van der Waals surface area contributed by atoms with Gasteiger partial charge in [-0.1, -0.05) is 0 Å². The van der Waals surface area contributed by atoms with Crippen molar-refractivity contribution in [1.29, 1.82) is 0 Å². The van der Waals surface area contributed by atoms with E-state index in [1.807, 2.05) is 0 Å². The van der Waals surface area contributed by atoms with Gasteiger partial charge in [0.2, 0.25) is 6.29 Å². The number of aliphatic carboxylic acids is 1. The highest BCUT2D eigenvalue weighted by Crippen LogP contribution is 2.31. The minimum atomic E-state index is -1.89. The quantitative estimate of drug-likeness (QED) is 0.376. The van der Waals surface area contributed by atoms with Crippen LogP contribution in [0, 0.1) is 0 Å². The van der Waals surface area contributed by atoms with E-state index in [0.717, 1.165) is 18.2 Å². The maximum absolute atomic E-state index is 11.0. The summed E-state index contributed by atoms with van der Waals surface area (Å²) in [5.41, 5.74) is -0.238. The third-order valence-corrected chi connectivity index (χ3v) is 3.26. The molecule has 0 spiro atoms. The van der Waals surface area contributed by atoms with E-state index in [1.165, 1.54) is 0 Å². The van der Waals surface area contributed by atoms with Gasteiger partial charge in [0.15, 0.2) is 17.6 Å². The van der Waals surface area contributed by atoms with E-state index < -0.39 is 54.1 Å². The third-order valence-electron chi connectivity index (χ3n) is 3.26. The van der Waals surface area contributed by atoms with Gasteiger partial charge in [0.05, 0.1) is 5.56 Å². The topological polar surface area (TPSA) is 174 Å². The Morgan fingerprint density at radius 2 is 1.70 bits per heavy atom. The predicted molar refractivity (Wildman–Crippen MR) is 70.0 cm³/mol. The van der Waals surface area contributed by atoms with E-state index in [1.54, 1.807) is 0 Å². The lowest BCUT2D eigenvalue weighted by Gasteiger charge is -2.38. The monoisotopic (exact) mass is 330 g/mol. The first kappa shape index (κ1) is 17.0. The van der Waals surface area contributed by atoms with Crippen LogP contribution in [0.5, 0.6) is 11.5 Å². The predicted octanol–water partition coefficient (Wildman–Crippen LogP) is -1.64. The molecule has 1 aromatic carbocycles. The standard InChI is InChI=1S/C13H14O10/c14-5-2-1-4(11(18)19)3-6(5)22-13-9(17)7(15)8(16)10(23-13)12(20)21/h1-3,7-10,13-17H,(H,18,19)(H,20,21)/t7?,8-,9?,10?,13-/m1/s1. The van der Waals surface area contributed by atoms with Gasteiger partial charge < -0.3 is 40.1 Å². The summed E-state index contributed by atoms with van der Waals surface area (Å²) in [6, 6.07) is 3.05. The Hall–Kier alpha value is -2.40. The molecule has 3 unspecified atom stereocenters. The lowest BCUT2D eigenvalue weighted by atomic mass is 9.99. The van der Waals surface area contributed by atoms with Crippen LogP contribution in [-0.2, 0) is 9.53 Å². The van der Waals surface area contributed by atoms with Crippen molar-refractivity contribution in [1.82, 2.24) is 0 Å². The Kier molecular flexibility index (Phi) is 4.71. The summed E-state index contributed by atoms with van der Waals surface area (Å²) in [7, 11) is 0. The largest absolute Gasteiger partial charge is 0.504 e. The molecule has 0 saturated carbocycles. The number of benzene rings is 1. The number of ether oxygens (including phenoxy) is 2. The maximum atomic E-state index is 11.0. The molecule has 1 aliphatic heterocycles. The molecule has 5 atom stereocenters. The number of hydrogen-bond donors (Lipinski definition) is 6. The van der Waals surface area contributed by atoms with Crippen molar-refractivity contribution >= 4 is 11.9 Å². The molecule has 10 nitrogen and oxygen atoms in total. The number of aromatic hydroxyl groups is 1. The van der Waals surface area contributed by atoms with Gasteiger partial charge >= 0.3 is 11.9 Å². The van der Waals surface area contributed by atoms with E-state index in [2.05, 4.69) is 0 Å². The Balaban J connectivity index is 2.26. The third kappa shape index (κ3) is 3.35. The van der Waals surface area contributed by atoms with Crippen molar-refractivity contribution in [3.63, 3.8) is 0 Å². The molecule has 23 heavy (non-hydrogen) atoms. The molecule has 1 heterocycles. The summed E-state index contributed by atoms with van der Waals surface area (Å²) in [6.45, 7) is 0. The van der Waals surface area contributed by atoms with Gasteiger partial charge in [0, 0.05) is 0 Å². The Morgan fingerprint density at radius 1 is 1.04 bits per heavy atom. The van der Waals surface area contributed by atoms with Crippen LogP contribution >= 0.6 is 0 Å². The maximum Gasteiger partial charge on any atom is 0.335 e. The van der Waals surface area contributed by atoms with Crippen LogP contribution in [0.25, 0.3) is 0 Å². The fourth-order valence-electron chi connectivity index (χ4n) is 2.02. The zero-order chi connectivity index (χ0) is 17.3. The molecular weight excluding hydrogens is 316 g/mol. The van der Waals surface area contributed by atoms with Gasteiger partial charge in [-0.05, 0) is 18.2 Å². The van der Waals surface area contributed by atoms with Gasteiger partial charge in [-0.15, -0.1) is 0 Å². The van der Waals surface area contributed by atoms with Crippen molar-refractivity contribution in [3.05, 3.63) is 23.8 Å². The van der Waals surface area contributed by atoms with Crippen molar-refractivity contribution in [2.75, 3.05) is 0 Å². The van der Waals surface area contributed by atoms with E-state index in [9.17, 15) is 30.0 Å². The molecule has 126 valence electrons. The van der Waals surface area contributed by atoms with Gasteiger partial charge in [-0.3, -0.25) is 0 Å². The molecule has 1 saturated heterocycles. The molecule has 0 amide bonds. The lowest BCUT2D eigenvalue weighted by Crippen LogP contribution is -2.61. The Morgan fingerprint density at radius 3 is 2.26 bits per heavy atom. The zero-order valence-corrected chi connectivity index (χ0v) is 11.4. The first-order valence-electron chi connectivity index (χ1n) is 6.37.